The molecule has 2 N–H and O–H groups in total. The largest absolute Gasteiger partial charge is 0.350 e. The lowest BCUT2D eigenvalue weighted by Crippen LogP contribution is -2.27. The lowest BCUT2D eigenvalue weighted by Gasteiger charge is -2.05. The van der Waals surface area contributed by atoms with Crippen LogP contribution in [0.4, 0.5) is 0 Å². The molecule has 2 heterocycles. The second-order valence-corrected chi connectivity index (χ2v) is 5.50. The molecule has 0 fully saturated rings. The van der Waals surface area contributed by atoms with Crippen LogP contribution >= 0.6 is 11.6 Å². The number of rotatable bonds is 4. The van der Waals surface area contributed by atoms with Gasteiger partial charge in [-0.25, -0.2) is 4.52 Å². The molecule has 3 rings (SSSR count). The number of carbonyl (C=O) groups is 1. The summed E-state index contributed by atoms with van der Waals surface area (Å²) in [6.45, 7) is 2.11. The Morgan fingerprint density at radius 2 is 2.17 bits per heavy atom. The Morgan fingerprint density at radius 1 is 1.39 bits per heavy atom. The number of fused-ring (bicyclic) bond motifs is 1. The zero-order valence-electron chi connectivity index (χ0n) is 12.3. The van der Waals surface area contributed by atoms with Gasteiger partial charge in [-0.05, 0) is 25.0 Å². The summed E-state index contributed by atoms with van der Waals surface area (Å²) in [4.78, 5) is 26.8. The smallest absolute Gasteiger partial charge is 0.276 e. The minimum atomic E-state index is -0.443. The third kappa shape index (κ3) is 3.09. The summed E-state index contributed by atoms with van der Waals surface area (Å²) in [5.41, 5.74) is 1.32. The molecular formula is C15H14ClN5O2. The SMILES string of the molecule is Cc1cn2nnc(C(=O)NCCc3ccccc3Cl)c2c(=O)[nH]1. The van der Waals surface area contributed by atoms with E-state index in [1.807, 2.05) is 18.2 Å². The van der Waals surface area contributed by atoms with Crippen LogP contribution in [0.5, 0.6) is 0 Å². The molecule has 0 saturated carbocycles. The molecule has 1 aromatic carbocycles. The Hall–Kier alpha value is -2.67. The summed E-state index contributed by atoms with van der Waals surface area (Å²) in [5, 5.41) is 11.0. The van der Waals surface area contributed by atoms with E-state index in [1.54, 1.807) is 19.2 Å². The van der Waals surface area contributed by atoms with Gasteiger partial charge >= 0.3 is 0 Å². The van der Waals surface area contributed by atoms with E-state index in [1.165, 1.54) is 4.52 Å². The van der Waals surface area contributed by atoms with Crippen molar-refractivity contribution in [2.75, 3.05) is 6.54 Å². The van der Waals surface area contributed by atoms with Gasteiger partial charge in [-0.1, -0.05) is 35.0 Å². The molecule has 0 aliphatic rings. The molecule has 118 valence electrons. The monoisotopic (exact) mass is 331 g/mol. The fourth-order valence-corrected chi connectivity index (χ4v) is 2.53. The number of halogens is 1. The van der Waals surface area contributed by atoms with Crippen LogP contribution in [0.2, 0.25) is 5.02 Å². The van der Waals surface area contributed by atoms with Crippen molar-refractivity contribution in [1.82, 2.24) is 25.1 Å². The number of nitrogens with zero attached hydrogens (tertiary/aromatic N) is 3. The van der Waals surface area contributed by atoms with E-state index in [9.17, 15) is 9.59 Å². The van der Waals surface area contributed by atoms with Crippen molar-refractivity contribution in [3.63, 3.8) is 0 Å². The molecule has 0 saturated heterocycles. The van der Waals surface area contributed by atoms with Gasteiger partial charge in [0.15, 0.2) is 11.2 Å². The Labute approximate surface area is 136 Å². The number of carbonyl (C=O) groups excluding carboxylic acids is 1. The number of aryl methyl sites for hydroxylation is 1. The highest BCUT2D eigenvalue weighted by atomic mass is 35.5. The van der Waals surface area contributed by atoms with Crippen LogP contribution < -0.4 is 10.9 Å². The second kappa shape index (κ2) is 6.21. The Morgan fingerprint density at radius 3 is 2.96 bits per heavy atom. The second-order valence-electron chi connectivity index (χ2n) is 5.09. The highest BCUT2D eigenvalue weighted by Crippen LogP contribution is 2.14. The lowest BCUT2D eigenvalue weighted by atomic mass is 10.1. The topological polar surface area (TPSA) is 92.2 Å². The zero-order chi connectivity index (χ0) is 16.4. The average molecular weight is 332 g/mol. The molecule has 0 radical (unpaired) electrons. The van der Waals surface area contributed by atoms with Gasteiger partial charge in [0.2, 0.25) is 0 Å². The number of aromatic amines is 1. The Balaban J connectivity index is 1.74. The van der Waals surface area contributed by atoms with Crippen molar-refractivity contribution in [1.29, 1.82) is 0 Å². The van der Waals surface area contributed by atoms with Crippen molar-refractivity contribution in [3.05, 3.63) is 62.8 Å². The van der Waals surface area contributed by atoms with Crippen molar-refractivity contribution in [3.8, 4) is 0 Å². The van der Waals surface area contributed by atoms with Crippen molar-refractivity contribution in [2.45, 2.75) is 13.3 Å². The predicted molar refractivity (Wildman–Crippen MR) is 85.8 cm³/mol. The van der Waals surface area contributed by atoms with Gasteiger partial charge in [-0.3, -0.25) is 9.59 Å². The summed E-state index contributed by atoms with van der Waals surface area (Å²) in [7, 11) is 0. The van der Waals surface area contributed by atoms with Crippen LogP contribution in [0.15, 0.2) is 35.3 Å². The number of aromatic nitrogens is 4. The molecule has 0 spiro atoms. The van der Waals surface area contributed by atoms with E-state index < -0.39 is 11.5 Å². The quantitative estimate of drug-likeness (QED) is 0.755. The maximum Gasteiger partial charge on any atom is 0.276 e. The number of hydrogen-bond donors (Lipinski definition) is 2. The number of nitrogens with one attached hydrogen (secondary N) is 2. The van der Waals surface area contributed by atoms with E-state index in [0.717, 1.165) is 5.56 Å². The standard InChI is InChI=1S/C15H14ClN5O2/c1-9-8-21-13(15(23)18-9)12(19-20-21)14(22)17-7-6-10-4-2-3-5-11(10)16/h2-5,8H,6-7H2,1H3,(H,17,22)(H,18,23). The number of H-pyrrole nitrogens is 1. The van der Waals surface area contributed by atoms with Crippen LogP contribution in [0.25, 0.3) is 5.52 Å². The molecule has 2 aromatic heterocycles. The van der Waals surface area contributed by atoms with Crippen molar-refractivity contribution in [2.24, 2.45) is 0 Å². The molecule has 1 amide bonds. The Bertz CT molecular complexity index is 931. The van der Waals surface area contributed by atoms with Crippen LogP contribution in [0.3, 0.4) is 0 Å². The van der Waals surface area contributed by atoms with Crippen LogP contribution in [0.1, 0.15) is 21.7 Å². The number of hydrogen-bond acceptors (Lipinski definition) is 4. The fourth-order valence-electron chi connectivity index (χ4n) is 2.30. The van der Waals surface area contributed by atoms with Crippen LogP contribution in [-0.2, 0) is 6.42 Å². The molecule has 3 aromatic rings. The van der Waals surface area contributed by atoms with Gasteiger partial charge in [0.1, 0.15) is 0 Å². The molecule has 0 atom stereocenters. The maximum absolute atomic E-state index is 12.2. The van der Waals surface area contributed by atoms with E-state index >= 15 is 0 Å². The molecule has 8 heteroatoms. The number of benzene rings is 1. The molecule has 0 unspecified atom stereocenters. The van der Waals surface area contributed by atoms with Gasteiger partial charge < -0.3 is 10.3 Å². The first-order valence-corrected chi connectivity index (χ1v) is 7.40. The highest BCUT2D eigenvalue weighted by molar-refractivity contribution is 6.31. The van der Waals surface area contributed by atoms with Gasteiger partial charge in [0.25, 0.3) is 11.5 Å². The molecule has 7 nitrogen and oxygen atoms in total. The summed E-state index contributed by atoms with van der Waals surface area (Å²) in [5.74, 6) is -0.443. The normalized spacial score (nSPS) is 10.9. The minimum absolute atomic E-state index is 0.00501. The maximum atomic E-state index is 12.2. The molecule has 23 heavy (non-hydrogen) atoms. The first-order chi connectivity index (χ1) is 11.1. The van der Waals surface area contributed by atoms with Crippen molar-refractivity contribution >= 4 is 23.0 Å². The van der Waals surface area contributed by atoms with E-state index in [2.05, 4.69) is 20.6 Å². The van der Waals surface area contributed by atoms with Crippen LogP contribution in [0, 0.1) is 6.92 Å². The first kappa shape index (κ1) is 15.2. The third-order valence-corrected chi connectivity index (χ3v) is 3.76. The zero-order valence-corrected chi connectivity index (χ0v) is 13.1. The number of amides is 1. The molecule has 0 aliphatic heterocycles. The van der Waals surface area contributed by atoms with Gasteiger partial charge in [-0.2, -0.15) is 0 Å². The first-order valence-electron chi connectivity index (χ1n) is 7.03. The van der Waals surface area contributed by atoms with Gasteiger partial charge in [0.05, 0.1) is 6.20 Å². The summed E-state index contributed by atoms with van der Waals surface area (Å²) in [6.07, 6.45) is 2.18. The molecular weight excluding hydrogens is 318 g/mol. The third-order valence-electron chi connectivity index (χ3n) is 3.39. The molecule has 0 aliphatic carbocycles. The summed E-state index contributed by atoms with van der Waals surface area (Å²) in [6, 6.07) is 7.43. The predicted octanol–water partition coefficient (Wildman–Crippen LogP) is 1.35. The minimum Gasteiger partial charge on any atom is -0.350 e. The average Bonchev–Trinajstić information content (AvgIpc) is 2.93. The van der Waals surface area contributed by atoms with Gasteiger partial charge in [-0.15, -0.1) is 5.10 Å². The van der Waals surface area contributed by atoms with E-state index in [4.69, 9.17) is 11.6 Å². The summed E-state index contributed by atoms with van der Waals surface area (Å²) < 4.78 is 1.30. The summed E-state index contributed by atoms with van der Waals surface area (Å²) >= 11 is 6.07. The van der Waals surface area contributed by atoms with E-state index in [-0.39, 0.29) is 11.2 Å². The molecule has 0 bridgehead atoms. The van der Waals surface area contributed by atoms with E-state index in [0.29, 0.717) is 23.7 Å². The highest BCUT2D eigenvalue weighted by Gasteiger charge is 2.17. The van der Waals surface area contributed by atoms with Crippen LogP contribution in [-0.4, -0.2) is 32.3 Å². The van der Waals surface area contributed by atoms with Gasteiger partial charge in [0, 0.05) is 17.3 Å². The Kier molecular flexibility index (Phi) is 4.12. The lowest BCUT2D eigenvalue weighted by molar-refractivity contribution is 0.0950. The fraction of sp³-hybridized carbons (Fsp3) is 0.200. The van der Waals surface area contributed by atoms with Crippen molar-refractivity contribution < 1.29 is 4.79 Å².